The zero-order valence-electron chi connectivity index (χ0n) is 11.7. The highest BCUT2D eigenvalue weighted by molar-refractivity contribution is 8.00. The monoisotopic (exact) mass is 304 g/mol. The van der Waals surface area contributed by atoms with Crippen LogP contribution < -0.4 is 11.1 Å². The molecule has 0 spiro atoms. The molecular formula is C16H17FN2OS. The van der Waals surface area contributed by atoms with Crippen molar-refractivity contribution in [2.45, 2.75) is 18.4 Å². The molecule has 0 aliphatic heterocycles. The zero-order chi connectivity index (χ0) is 15.2. The first kappa shape index (κ1) is 15.4. The van der Waals surface area contributed by atoms with Crippen molar-refractivity contribution >= 4 is 23.4 Å². The summed E-state index contributed by atoms with van der Waals surface area (Å²) in [6.45, 7) is 2.15. The molecule has 2 aromatic carbocycles. The smallest absolute Gasteiger partial charge is 0.230 e. The number of nitrogens with two attached hydrogens (primary N) is 1. The number of carbonyl (C=O) groups is 1. The van der Waals surface area contributed by atoms with Gasteiger partial charge in [0, 0.05) is 22.7 Å². The predicted octanol–water partition coefficient (Wildman–Crippen LogP) is 3.12. The first-order valence-corrected chi connectivity index (χ1v) is 7.54. The first-order chi connectivity index (χ1) is 10.1. The van der Waals surface area contributed by atoms with Gasteiger partial charge in [0.1, 0.15) is 5.82 Å². The second kappa shape index (κ2) is 7.13. The average molecular weight is 304 g/mol. The molecule has 0 saturated carbocycles. The van der Waals surface area contributed by atoms with Gasteiger partial charge in [-0.2, -0.15) is 0 Å². The van der Waals surface area contributed by atoms with E-state index in [1.165, 1.54) is 17.8 Å². The summed E-state index contributed by atoms with van der Waals surface area (Å²) in [6.07, 6.45) is 0. The normalized spacial score (nSPS) is 10.4. The van der Waals surface area contributed by atoms with Crippen LogP contribution >= 0.6 is 11.8 Å². The van der Waals surface area contributed by atoms with E-state index in [9.17, 15) is 9.18 Å². The maximum absolute atomic E-state index is 13.4. The lowest BCUT2D eigenvalue weighted by molar-refractivity contribution is -0.118. The van der Waals surface area contributed by atoms with Crippen LogP contribution in [0.1, 0.15) is 11.1 Å². The zero-order valence-corrected chi connectivity index (χ0v) is 12.5. The van der Waals surface area contributed by atoms with Crippen LogP contribution in [0.2, 0.25) is 0 Å². The molecule has 0 aliphatic carbocycles. The Hall–Kier alpha value is -2.01. The van der Waals surface area contributed by atoms with Crippen LogP contribution in [0.4, 0.5) is 10.1 Å². The summed E-state index contributed by atoms with van der Waals surface area (Å²) >= 11 is 1.37. The Morgan fingerprint density at radius 2 is 2.05 bits per heavy atom. The molecule has 0 unspecified atom stereocenters. The highest BCUT2D eigenvalue weighted by Crippen LogP contribution is 2.25. The van der Waals surface area contributed by atoms with Gasteiger partial charge in [-0.15, -0.1) is 11.8 Å². The number of amides is 1. The van der Waals surface area contributed by atoms with Crippen LogP contribution in [-0.2, 0) is 11.3 Å². The van der Waals surface area contributed by atoms with Gasteiger partial charge < -0.3 is 11.1 Å². The summed E-state index contributed by atoms with van der Waals surface area (Å²) in [5.74, 6) is -0.210. The molecule has 0 aliphatic rings. The fourth-order valence-corrected chi connectivity index (χ4v) is 2.61. The lowest BCUT2D eigenvalue weighted by Crippen LogP contribution is -2.25. The van der Waals surface area contributed by atoms with E-state index in [0.29, 0.717) is 11.3 Å². The Balaban J connectivity index is 1.84. The molecule has 0 saturated heterocycles. The Labute approximate surface area is 127 Å². The van der Waals surface area contributed by atoms with E-state index in [1.54, 1.807) is 18.2 Å². The molecule has 0 bridgehead atoms. The fraction of sp³-hybridized carbons (Fsp3) is 0.188. The molecule has 2 aromatic rings. The number of hydrogen-bond acceptors (Lipinski definition) is 3. The van der Waals surface area contributed by atoms with Gasteiger partial charge in [0.2, 0.25) is 5.91 Å². The standard InChI is InChI=1S/C16H17FN2OS/c1-11-6-7-15(14(18)8-11)21-10-16(20)19-9-12-4-2-3-5-13(12)17/h2-8H,9-10,18H2,1H3,(H,19,20). The number of rotatable bonds is 5. The number of nitrogen functional groups attached to an aromatic ring is 1. The molecule has 0 heterocycles. The molecule has 0 atom stereocenters. The minimum absolute atomic E-state index is 0.150. The molecular weight excluding hydrogens is 287 g/mol. The van der Waals surface area contributed by atoms with E-state index >= 15 is 0 Å². The van der Waals surface area contributed by atoms with E-state index in [4.69, 9.17) is 5.73 Å². The molecule has 5 heteroatoms. The first-order valence-electron chi connectivity index (χ1n) is 6.55. The van der Waals surface area contributed by atoms with Gasteiger partial charge in [-0.3, -0.25) is 4.79 Å². The number of carbonyl (C=O) groups excluding carboxylic acids is 1. The van der Waals surface area contributed by atoms with E-state index in [1.807, 2.05) is 25.1 Å². The van der Waals surface area contributed by atoms with Gasteiger partial charge in [-0.1, -0.05) is 24.3 Å². The predicted molar refractivity (Wildman–Crippen MR) is 84.6 cm³/mol. The van der Waals surface area contributed by atoms with Crippen LogP contribution in [0, 0.1) is 12.7 Å². The summed E-state index contributed by atoms with van der Waals surface area (Å²) in [7, 11) is 0. The van der Waals surface area contributed by atoms with Gasteiger partial charge in [0.05, 0.1) is 5.75 Å². The number of anilines is 1. The maximum Gasteiger partial charge on any atom is 0.230 e. The van der Waals surface area contributed by atoms with Crippen molar-refractivity contribution in [1.29, 1.82) is 0 Å². The van der Waals surface area contributed by atoms with E-state index in [-0.39, 0.29) is 24.0 Å². The van der Waals surface area contributed by atoms with Gasteiger partial charge in [-0.25, -0.2) is 4.39 Å². The van der Waals surface area contributed by atoms with Crippen molar-refractivity contribution < 1.29 is 9.18 Å². The highest BCUT2D eigenvalue weighted by atomic mass is 32.2. The number of hydrogen-bond donors (Lipinski definition) is 2. The third kappa shape index (κ3) is 4.49. The molecule has 21 heavy (non-hydrogen) atoms. The summed E-state index contributed by atoms with van der Waals surface area (Å²) in [6, 6.07) is 12.1. The second-order valence-electron chi connectivity index (χ2n) is 4.70. The van der Waals surface area contributed by atoms with E-state index in [2.05, 4.69) is 5.32 Å². The van der Waals surface area contributed by atoms with E-state index < -0.39 is 0 Å². The van der Waals surface area contributed by atoms with Crippen LogP contribution in [-0.4, -0.2) is 11.7 Å². The molecule has 110 valence electrons. The molecule has 3 nitrogen and oxygen atoms in total. The fourth-order valence-electron chi connectivity index (χ4n) is 1.83. The molecule has 0 fully saturated rings. The van der Waals surface area contributed by atoms with Crippen molar-refractivity contribution in [2.75, 3.05) is 11.5 Å². The van der Waals surface area contributed by atoms with E-state index in [0.717, 1.165) is 10.5 Å². The third-order valence-corrected chi connectivity index (χ3v) is 4.05. The van der Waals surface area contributed by atoms with Crippen molar-refractivity contribution in [1.82, 2.24) is 5.32 Å². The summed E-state index contributed by atoms with van der Waals surface area (Å²) in [5, 5.41) is 2.70. The van der Waals surface area contributed by atoms with Crippen molar-refractivity contribution in [2.24, 2.45) is 0 Å². The largest absolute Gasteiger partial charge is 0.398 e. The van der Waals surface area contributed by atoms with Crippen LogP contribution in [0.25, 0.3) is 0 Å². The molecule has 0 aromatic heterocycles. The number of halogens is 1. The number of thioether (sulfide) groups is 1. The molecule has 1 amide bonds. The summed E-state index contributed by atoms with van der Waals surface area (Å²) in [4.78, 5) is 12.7. The minimum atomic E-state index is -0.312. The van der Waals surface area contributed by atoms with Crippen LogP contribution in [0.3, 0.4) is 0 Å². The Morgan fingerprint density at radius 3 is 2.76 bits per heavy atom. The molecule has 3 N–H and O–H groups in total. The summed E-state index contributed by atoms with van der Waals surface area (Å²) < 4.78 is 13.4. The highest BCUT2D eigenvalue weighted by Gasteiger charge is 2.07. The maximum atomic E-state index is 13.4. The van der Waals surface area contributed by atoms with Crippen LogP contribution in [0.15, 0.2) is 47.4 Å². The number of benzene rings is 2. The van der Waals surface area contributed by atoms with Gasteiger partial charge in [0.15, 0.2) is 0 Å². The average Bonchev–Trinajstić information content (AvgIpc) is 2.45. The third-order valence-electron chi connectivity index (χ3n) is 2.96. The Kier molecular flexibility index (Phi) is 5.22. The Bertz CT molecular complexity index is 646. The lowest BCUT2D eigenvalue weighted by Gasteiger charge is -2.08. The van der Waals surface area contributed by atoms with Gasteiger partial charge in [0.25, 0.3) is 0 Å². The van der Waals surface area contributed by atoms with Crippen molar-refractivity contribution in [3.8, 4) is 0 Å². The minimum Gasteiger partial charge on any atom is -0.398 e. The quantitative estimate of drug-likeness (QED) is 0.659. The van der Waals surface area contributed by atoms with Gasteiger partial charge >= 0.3 is 0 Å². The lowest BCUT2D eigenvalue weighted by atomic mass is 10.2. The second-order valence-corrected chi connectivity index (χ2v) is 5.72. The van der Waals surface area contributed by atoms with Crippen molar-refractivity contribution in [3.05, 3.63) is 59.4 Å². The Morgan fingerprint density at radius 1 is 1.29 bits per heavy atom. The SMILES string of the molecule is Cc1ccc(SCC(=O)NCc2ccccc2F)c(N)c1. The topological polar surface area (TPSA) is 55.1 Å². The van der Waals surface area contributed by atoms with Crippen molar-refractivity contribution in [3.63, 3.8) is 0 Å². The molecule has 0 radical (unpaired) electrons. The van der Waals surface area contributed by atoms with Gasteiger partial charge in [-0.05, 0) is 30.7 Å². The summed E-state index contributed by atoms with van der Waals surface area (Å²) in [5.41, 5.74) is 8.12. The number of nitrogens with one attached hydrogen (secondary N) is 1. The number of aryl methyl sites for hydroxylation is 1. The molecule has 2 rings (SSSR count). The van der Waals surface area contributed by atoms with Crippen LogP contribution in [0.5, 0.6) is 0 Å².